The van der Waals surface area contributed by atoms with Crippen LogP contribution >= 0.6 is 0 Å². The van der Waals surface area contributed by atoms with E-state index in [-0.39, 0.29) is 17.0 Å². The second-order valence-electron chi connectivity index (χ2n) is 5.17. The van der Waals surface area contributed by atoms with E-state index in [0.29, 0.717) is 0 Å². The molecule has 0 aliphatic rings. The van der Waals surface area contributed by atoms with Crippen molar-refractivity contribution < 1.29 is 28.6 Å². The molecule has 0 spiro atoms. The predicted molar refractivity (Wildman–Crippen MR) is 73.8 cm³/mol. The monoisotopic (exact) mass is 295 g/mol. The summed E-state index contributed by atoms with van der Waals surface area (Å²) in [5, 5.41) is 0. The van der Waals surface area contributed by atoms with Crippen LogP contribution < -0.4 is 10.5 Å². The maximum absolute atomic E-state index is 11.9. The van der Waals surface area contributed by atoms with E-state index in [1.54, 1.807) is 20.8 Å². The molecule has 0 heterocycles. The molecular formula is C14H17NO6. The summed E-state index contributed by atoms with van der Waals surface area (Å²) in [6.45, 7) is 6.05. The van der Waals surface area contributed by atoms with Crippen LogP contribution in [0.5, 0.6) is 5.75 Å². The summed E-state index contributed by atoms with van der Waals surface area (Å²) in [5.74, 6) is -1.83. The lowest BCUT2D eigenvalue weighted by atomic mass is 10.1. The summed E-state index contributed by atoms with van der Waals surface area (Å²) < 4.78 is 14.3. The molecule has 0 unspecified atom stereocenters. The van der Waals surface area contributed by atoms with Gasteiger partial charge in [-0.3, -0.25) is 4.79 Å². The number of rotatable bonds is 2. The van der Waals surface area contributed by atoms with Gasteiger partial charge >= 0.3 is 18.1 Å². The van der Waals surface area contributed by atoms with E-state index in [9.17, 15) is 14.4 Å². The van der Waals surface area contributed by atoms with Crippen molar-refractivity contribution >= 4 is 23.8 Å². The average molecular weight is 295 g/mol. The van der Waals surface area contributed by atoms with Crippen molar-refractivity contribution in [1.29, 1.82) is 0 Å². The van der Waals surface area contributed by atoms with Crippen LogP contribution in [0, 0.1) is 0 Å². The first-order valence-electron chi connectivity index (χ1n) is 6.12. The van der Waals surface area contributed by atoms with E-state index in [2.05, 4.69) is 4.74 Å². The van der Waals surface area contributed by atoms with E-state index in [1.807, 2.05) is 0 Å². The molecule has 1 rings (SSSR count). The first-order chi connectivity index (χ1) is 9.60. The molecule has 7 heteroatoms. The molecule has 1 aromatic rings. The van der Waals surface area contributed by atoms with E-state index in [1.165, 1.54) is 18.2 Å². The molecule has 0 aromatic heterocycles. The Labute approximate surface area is 122 Å². The van der Waals surface area contributed by atoms with Crippen molar-refractivity contribution in [1.82, 2.24) is 0 Å². The maximum Gasteiger partial charge on any atom is 0.516 e. The highest BCUT2D eigenvalue weighted by Gasteiger charge is 2.24. The third-order valence-electron chi connectivity index (χ3n) is 2.08. The number of benzene rings is 1. The van der Waals surface area contributed by atoms with Crippen LogP contribution in [0.15, 0.2) is 18.2 Å². The topological polar surface area (TPSA) is 105 Å². The largest absolute Gasteiger partial charge is 0.516 e. The highest BCUT2D eigenvalue weighted by molar-refractivity contribution is 5.99. The fourth-order valence-corrected chi connectivity index (χ4v) is 1.37. The number of nitrogen functional groups attached to an aromatic ring is 1. The van der Waals surface area contributed by atoms with Crippen LogP contribution in [0.1, 0.15) is 38.1 Å². The second kappa shape index (κ2) is 6.25. The van der Waals surface area contributed by atoms with Gasteiger partial charge in [-0.15, -0.1) is 0 Å². The lowest BCUT2D eigenvalue weighted by Gasteiger charge is -2.18. The Morgan fingerprint density at radius 2 is 1.76 bits per heavy atom. The molecule has 2 N–H and O–H groups in total. The molecule has 0 aliphatic heterocycles. The first kappa shape index (κ1) is 16.5. The molecule has 114 valence electrons. The zero-order chi connectivity index (χ0) is 16.2. The van der Waals surface area contributed by atoms with E-state index in [4.69, 9.17) is 15.2 Å². The quantitative estimate of drug-likeness (QED) is 0.386. The van der Waals surface area contributed by atoms with Crippen LogP contribution in [0.3, 0.4) is 0 Å². The Balaban J connectivity index is 2.95. The van der Waals surface area contributed by atoms with Crippen molar-refractivity contribution in [3.05, 3.63) is 23.8 Å². The summed E-state index contributed by atoms with van der Waals surface area (Å²) in [4.78, 5) is 34.4. The molecule has 0 saturated carbocycles. The summed E-state index contributed by atoms with van der Waals surface area (Å²) in [7, 11) is 0. The molecule has 0 radical (unpaired) electrons. The van der Waals surface area contributed by atoms with Crippen molar-refractivity contribution in [2.45, 2.75) is 33.3 Å². The number of hydrogen-bond acceptors (Lipinski definition) is 7. The third kappa shape index (κ3) is 5.13. The lowest BCUT2D eigenvalue weighted by Crippen LogP contribution is -2.26. The number of carbonyl (C=O) groups is 3. The molecule has 0 saturated heterocycles. The van der Waals surface area contributed by atoms with Gasteiger partial charge in [0.25, 0.3) is 0 Å². The number of nitrogens with two attached hydrogens (primary N) is 1. The number of para-hydroxylation sites is 1. The minimum atomic E-state index is -1.15. The minimum Gasteiger partial charge on any atom is -0.428 e. The molecule has 7 nitrogen and oxygen atoms in total. The van der Waals surface area contributed by atoms with Gasteiger partial charge in [-0.05, 0) is 32.9 Å². The summed E-state index contributed by atoms with van der Waals surface area (Å²) in [5.41, 5.74) is 4.77. The zero-order valence-electron chi connectivity index (χ0n) is 12.3. The number of carbonyl (C=O) groups excluding carboxylic acids is 3. The van der Waals surface area contributed by atoms with E-state index < -0.39 is 23.7 Å². The van der Waals surface area contributed by atoms with Gasteiger partial charge in [0.1, 0.15) is 11.2 Å². The third-order valence-corrected chi connectivity index (χ3v) is 2.08. The molecule has 0 bridgehead atoms. The van der Waals surface area contributed by atoms with Crippen molar-refractivity contribution in [3.63, 3.8) is 0 Å². The van der Waals surface area contributed by atoms with Crippen LogP contribution in [-0.2, 0) is 14.3 Å². The SMILES string of the molecule is CC(=O)Oc1c(N)cccc1C(=O)OC(=O)OC(C)(C)C. The molecule has 0 aliphatic carbocycles. The molecule has 1 aromatic carbocycles. The number of esters is 2. The molecule has 0 amide bonds. The first-order valence-corrected chi connectivity index (χ1v) is 6.12. The second-order valence-corrected chi connectivity index (χ2v) is 5.17. The van der Waals surface area contributed by atoms with Crippen LogP contribution in [0.4, 0.5) is 10.5 Å². The summed E-state index contributed by atoms with van der Waals surface area (Å²) in [6.07, 6.45) is -1.15. The summed E-state index contributed by atoms with van der Waals surface area (Å²) in [6, 6.07) is 4.23. The molecule has 0 fully saturated rings. The Hall–Kier alpha value is -2.57. The lowest BCUT2D eigenvalue weighted by molar-refractivity contribution is -0.131. The van der Waals surface area contributed by atoms with Crippen molar-refractivity contribution in [3.8, 4) is 5.75 Å². The highest BCUT2D eigenvalue weighted by atomic mass is 16.7. The minimum absolute atomic E-state index is 0.0730. The van der Waals surface area contributed by atoms with Crippen LogP contribution in [-0.4, -0.2) is 23.7 Å². The van der Waals surface area contributed by atoms with Gasteiger partial charge in [0.2, 0.25) is 0 Å². The van der Waals surface area contributed by atoms with E-state index in [0.717, 1.165) is 6.92 Å². The van der Waals surface area contributed by atoms with Crippen molar-refractivity contribution in [2.75, 3.05) is 5.73 Å². The molecule has 21 heavy (non-hydrogen) atoms. The smallest absolute Gasteiger partial charge is 0.428 e. The van der Waals surface area contributed by atoms with Crippen LogP contribution in [0.25, 0.3) is 0 Å². The zero-order valence-corrected chi connectivity index (χ0v) is 12.3. The highest BCUT2D eigenvalue weighted by Crippen LogP contribution is 2.27. The fraction of sp³-hybridized carbons (Fsp3) is 0.357. The number of ether oxygens (including phenoxy) is 3. The Kier molecular flexibility index (Phi) is 4.91. The van der Waals surface area contributed by atoms with Crippen molar-refractivity contribution in [2.24, 2.45) is 0 Å². The Bertz CT molecular complexity index is 573. The van der Waals surface area contributed by atoms with Gasteiger partial charge < -0.3 is 19.9 Å². The van der Waals surface area contributed by atoms with E-state index >= 15 is 0 Å². The average Bonchev–Trinajstić information content (AvgIpc) is 2.28. The fourth-order valence-electron chi connectivity index (χ4n) is 1.37. The van der Waals surface area contributed by atoms with Gasteiger partial charge in [0.05, 0.1) is 5.69 Å². The number of anilines is 1. The van der Waals surface area contributed by atoms with Crippen LogP contribution in [0.2, 0.25) is 0 Å². The Morgan fingerprint density at radius 1 is 1.14 bits per heavy atom. The predicted octanol–water partition coefficient (Wildman–Crippen LogP) is 2.29. The number of hydrogen-bond donors (Lipinski definition) is 1. The summed E-state index contributed by atoms with van der Waals surface area (Å²) >= 11 is 0. The van der Waals surface area contributed by atoms with Gasteiger partial charge in [0.15, 0.2) is 5.75 Å². The Morgan fingerprint density at radius 3 is 2.29 bits per heavy atom. The van der Waals surface area contributed by atoms with Gasteiger partial charge in [-0.1, -0.05) is 6.07 Å². The van der Waals surface area contributed by atoms with Gasteiger partial charge in [-0.2, -0.15) is 0 Å². The molecule has 0 atom stereocenters. The van der Waals surface area contributed by atoms with Gasteiger partial charge in [0, 0.05) is 6.92 Å². The molecular weight excluding hydrogens is 278 g/mol. The normalized spacial score (nSPS) is 10.7. The van der Waals surface area contributed by atoms with Gasteiger partial charge in [-0.25, -0.2) is 9.59 Å². The maximum atomic E-state index is 11.9. The standard InChI is InChI=1S/C14H17NO6/c1-8(16)19-11-9(6-5-7-10(11)15)12(17)20-13(18)21-14(2,3)4/h5-7H,15H2,1-4H3.